The van der Waals surface area contributed by atoms with Gasteiger partial charge < -0.3 is 15.6 Å². The number of hydrogen-bond acceptors (Lipinski definition) is 2. The summed E-state index contributed by atoms with van der Waals surface area (Å²) in [4.78, 5) is 0. The molecule has 0 bridgehead atoms. The zero-order valence-corrected chi connectivity index (χ0v) is 12.1. The van der Waals surface area contributed by atoms with E-state index in [0.717, 1.165) is 31.7 Å². The second kappa shape index (κ2) is 6.46. The number of nitrogens with two attached hydrogens (primary N) is 1. The van der Waals surface area contributed by atoms with E-state index in [9.17, 15) is 0 Å². The molecule has 0 spiro atoms. The summed E-state index contributed by atoms with van der Waals surface area (Å²) < 4.78 is 2.31. The van der Waals surface area contributed by atoms with Crippen molar-refractivity contribution in [3.05, 3.63) is 66.4 Å². The van der Waals surface area contributed by atoms with Gasteiger partial charge in [0.15, 0.2) is 0 Å². The van der Waals surface area contributed by atoms with Crippen molar-refractivity contribution in [1.29, 1.82) is 0 Å². The highest BCUT2D eigenvalue weighted by molar-refractivity contribution is 5.79. The zero-order chi connectivity index (χ0) is 14.5. The first-order valence-corrected chi connectivity index (χ1v) is 7.42. The summed E-state index contributed by atoms with van der Waals surface area (Å²) in [6, 6.07) is 18.7. The van der Waals surface area contributed by atoms with Crippen LogP contribution in [0.4, 0.5) is 5.69 Å². The molecule has 0 aliphatic heterocycles. The predicted octanol–water partition coefficient (Wildman–Crippen LogP) is 3.40. The molecule has 3 aromatic rings. The van der Waals surface area contributed by atoms with E-state index in [2.05, 4.69) is 52.5 Å². The standard InChI is InChI=1S/C18H21N3/c19-17-8-3-1-7-16(17)14-20-11-5-12-21-13-10-15-6-2-4-9-18(15)21/h1-4,6-10,13,20H,5,11-12,14,19H2. The summed E-state index contributed by atoms with van der Waals surface area (Å²) in [5.41, 5.74) is 9.27. The van der Waals surface area contributed by atoms with Crippen LogP contribution in [0.2, 0.25) is 0 Å². The maximum absolute atomic E-state index is 5.93. The number of benzene rings is 2. The lowest BCUT2D eigenvalue weighted by Crippen LogP contribution is -2.17. The van der Waals surface area contributed by atoms with E-state index in [0.29, 0.717) is 0 Å². The highest BCUT2D eigenvalue weighted by atomic mass is 15.0. The van der Waals surface area contributed by atoms with Crippen LogP contribution in [-0.4, -0.2) is 11.1 Å². The normalized spacial score (nSPS) is 11.0. The van der Waals surface area contributed by atoms with Crippen LogP contribution in [0.1, 0.15) is 12.0 Å². The quantitative estimate of drug-likeness (QED) is 0.536. The molecule has 0 atom stereocenters. The Morgan fingerprint density at radius 1 is 0.952 bits per heavy atom. The molecule has 3 heteroatoms. The number of nitrogens with zero attached hydrogens (tertiary/aromatic N) is 1. The number of fused-ring (bicyclic) bond motifs is 1. The maximum atomic E-state index is 5.93. The smallest absolute Gasteiger partial charge is 0.0480 e. The highest BCUT2D eigenvalue weighted by Gasteiger charge is 2.00. The molecular weight excluding hydrogens is 258 g/mol. The number of aryl methyl sites for hydroxylation is 1. The van der Waals surface area contributed by atoms with E-state index in [1.54, 1.807) is 0 Å². The minimum absolute atomic E-state index is 0.832. The summed E-state index contributed by atoms with van der Waals surface area (Å²) in [6.45, 7) is 2.85. The van der Waals surface area contributed by atoms with E-state index in [1.807, 2.05) is 18.2 Å². The number of para-hydroxylation sites is 2. The van der Waals surface area contributed by atoms with Gasteiger partial charge in [-0.25, -0.2) is 0 Å². The second-order valence-corrected chi connectivity index (χ2v) is 5.30. The fourth-order valence-electron chi connectivity index (χ4n) is 2.63. The van der Waals surface area contributed by atoms with Gasteiger partial charge in [0.25, 0.3) is 0 Å². The van der Waals surface area contributed by atoms with Crippen molar-refractivity contribution >= 4 is 16.6 Å². The van der Waals surface area contributed by atoms with Crippen molar-refractivity contribution in [1.82, 2.24) is 9.88 Å². The van der Waals surface area contributed by atoms with Crippen molar-refractivity contribution < 1.29 is 0 Å². The van der Waals surface area contributed by atoms with Gasteiger partial charge in [0.2, 0.25) is 0 Å². The van der Waals surface area contributed by atoms with E-state index in [4.69, 9.17) is 5.73 Å². The molecular formula is C18H21N3. The van der Waals surface area contributed by atoms with Crippen molar-refractivity contribution in [2.24, 2.45) is 0 Å². The van der Waals surface area contributed by atoms with Crippen LogP contribution in [0.25, 0.3) is 10.9 Å². The van der Waals surface area contributed by atoms with Crippen molar-refractivity contribution in [3.63, 3.8) is 0 Å². The molecule has 0 amide bonds. The van der Waals surface area contributed by atoms with Gasteiger partial charge in [-0.2, -0.15) is 0 Å². The van der Waals surface area contributed by atoms with Crippen LogP contribution in [-0.2, 0) is 13.1 Å². The van der Waals surface area contributed by atoms with Gasteiger partial charge >= 0.3 is 0 Å². The molecule has 1 heterocycles. The second-order valence-electron chi connectivity index (χ2n) is 5.30. The summed E-state index contributed by atoms with van der Waals surface area (Å²) in [5, 5.41) is 4.77. The number of hydrogen-bond donors (Lipinski definition) is 2. The molecule has 108 valence electrons. The van der Waals surface area contributed by atoms with Crippen LogP contribution in [0.5, 0.6) is 0 Å². The minimum atomic E-state index is 0.832. The Labute approximate surface area is 125 Å². The third kappa shape index (κ3) is 3.26. The average molecular weight is 279 g/mol. The van der Waals surface area contributed by atoms with Crippen LogP contribution in [0.15, 0.2) is 60.8 Å². The first kappa shape index (κ1) is 13.7. The molecule has 3 nitrogen and oxygen atoms in total. The van der Waals surface area contributed by atoms with Gasteiger partial charge in [0.1, 0.15) is 0 Å². The Balaban J connectivity index is 1.47. The van der Waals surface area contributed by atoms with E-state index >= 15 is 0 Å². The summed E-state index contributed by atoms with van der Waals surface area (Å²) >= 11 is 0. The van der Waals surface area contributed by atoms with Crippen molar-refractivity contribution in [3.8, 4) is 0 Å². The highest BCUT2D eigenvalue weighted by Crippen LogP contribution is 2.15. The molecule has 21 heavy (non-hydrogen) atoms. The number of aromatic nitrogens is 1. The summed E-state index contributed by atoms with van der Waals surface area (Å²) in [5.74, 6) is 0. The first-order valence-electron chi connectivity index (χ1n) is 7.42. The van der Waals surface area contributed by atoms with Gasteiger partial charge in [-0.05, 0) is 42.1 Å². The molecule has 0 unspecified atom stereocenters. The fourth-order valence-corrected chi connectivity index (χ4v) is 2.63. The largest absolute Gasteiger partial charge is 0.398 e. The molecule has 0 aliphatic carbocycles. The zero-order valence-electron chi connectivity index (χ0n) is 12.1. The molecule has 3 N–H and O–H groups in total. The van der Waals surface area contributed by atoms with Gasteiger partial charge in [0, 0.05) is 30.5 Å². The third-order valence-electron chi connectivity index (χ3n) is 3.80. The molecule has 0 fully saturated rings. The molecule has 0 saturated carbocycles. The van der Waals surface area contributed by atoms with Gasteiger partial charge in [-0.15, -0.1) is 0 Å². The van der Waals surface area contributed by atoms with E-state index in [1.165, 1.54) is 16.5 Å². The summed E-state index contributed by atoms with van der Waals surface area (Å²) in [7, 11) is 0. The first-order chi connectivity index (χ1) is 10.3. The lowest BCUT2D eigenvalue weighted by Gasteiger charge is -2.08. The van der Waals surface area contributed by atoms with Crippen molar-refractivity contribution in [2.75, 3.05) is 12.3 Å². The lowest BCUT2D eigenvalue weighted by molar-refractivity contribution is 0.591. The van der Waals surface area contributed by atoms with Gasteiger partial charge in [0.05, 0.1) is 0 Å². The fraction of sp³-hybridized carbons (Fsp3) is 0.222. The lowest BCUT2D eigenvalue weighted by atomic mass is 10.2. The maximum Gasteiger partial charge on any atom is 0.0480 e. The average Bonchev–Trinajstić information content (AvgIpc) is 2.92. The number of nitrogen functional groups attached to an aromatic ring is 1. The topological polar surface area (TPSA) is 43.0 Å². The number of anilines is 1. The molecule has 0 radical (unpaired) electrons. The third-order valence-corrected chi connectivity index (χ3v) is 3.80. The Kier molecular flexibility index (Phi) is 4.22. The molecule has 3 rings (SSSR count). The molecule has 1 aromatic heterocycles. The van der Waals surface area contributed by atoms with Crippen LogP contribution < -0.4 is 11.1 Å². The van der Waals surface area contributed by atoms with Crippen molar-refractivity contribution in [2.45, 2.75) is 19.5 Å². The molecule has 0 aliphatic rings. The Bertz CT molecular complexity index is 715. The Hall–Kier alpha value is -2.26. The number of nitrogens with one attached hydrogen (secondary N) is 1. The monoisotopic (exact) mass is 279 g/mol. The van der Waals surface area contributed by atoms with Gasteiger partial charge in [-0.3, -0.25) is 0 Å². The SMILES string of the molecule is Nc1ccccc1CNCCCn1ccc2ccccc21. The van der Waals surface area contributed by atoms with Gasteiger partial charge in [-0.1, -0.05) is 36.4 Å². The Morgan fingerprint density at radius 2 is 1.76 bits per heavy atom. The van der Waals surface area contributed by atoms with E-state index < -0.39 is 0 Å². The summed E-state index contributed by atoms with van der Waals surface area (Å²) in [6.07, 6.45) is 3.27. The number of rotatable bonds is 6. The molecule has 2 aromatic carbocycles. The van der Waals surface area contributed by atoms with E-state index in [-0.39, 0.29) is 0 Å². The van der Waals surface area contributed by atoms with Crippen LogP contribution in [0, 0.1) is 0 Å². The predicted molar refractivity (Wildman–Crippen MR) is 89.1 cm³/mol. The Morgan fingerprint density at radius 3 is 2.67 bits per heavy atom. The van der Waals surface area contributed by atoms with Crippen LogP contribution in [0.3, 0.4) is 0 Å². The van der Waals surface area contributed by atoms with Crippen LogP contribution >= 0.6 is 0 Å². The molecule has 0 saturated heterocycles. The minimum Gasteiger partial charge on any atom is -0.398 e.